The standard InChI is InChI=1S/C23H20F3NO5S2/c1-31-18-8-7-14(11-19-21(30)27(22(33)34-19)9-3-6-20(28)29)10-15(18)13-32-17-5-2-4-16(12-17)23(24,25)26/h2,4-5,7-8,10-12H,3,6,9,13H2,1H3,(H,28,29)/b19-11-. The maximum Gasteiger partial charge on any atom is 0.416 e. The van der Waals surface area contributed by atoms with Crippen molar-refractivity contribution in [1.29, 1.82) is 0 Å². The number of aliphatic carboxylic acids is 1. The van der Waals surface area contributed by atoms with Gasteiger partial charge in [0, 0.05) is 18.5 Å². The number of thioether (sulfide) groups is 1. The lowest BCUT2D eigenvalue weighted by Gasteiger charge is -2.13. The second kappa shape index (κ2) is 10.9. The first-order valence-electron chi connectivity index (χ1n) is 10.0. The summed E-state index contributed by atoms with van der Waals surface area (Å²) >= 11 is 6.37. The first-order valence-corrected chi connectivity index (χ1v) is 11.2. The van der Waals surface area contributed by atoms with E-state index in [1.165, 1.54) is 24.1 Å². The van der Waals surface area contributed by atoms with Crippen LogP contribution in [0.15, 0.2) is 47.4 Å². The zero-order chi connectivity index (χ0) is 24.9. The Morgan fingerprint density at radius 2 is 2.00 bits per heavy atom. The van der Waals surface area contributed by atoms with Crippen LogP contribution in [0.1, 0.15) is 29.5 Å². The number of carbonyl (C=O) groups excluding carboxylic acids is 1. The summed E-state index contributed by atoms with van der Waals surface area (Å²) in [4.78, 5) is 25.2. The number of carbonyl (C=O) groups is 2. The maximum atomic E-state index is 12.9. The number of carboxylic acid groups (broad SMARTS) is 1. The van der Waals surface area contributed by atoms with Gasteiger partial charge in [0.15, 0.2) is 0 Å². The highest BCUT2D eigenvalue weighted by Crippen LogP contribution is 2.34. The molecule has 180 valence electrons. The molecule has 0 spiro atoms. The summed E-state index contributed by atoms with van der Waals surface area (Å²) in [6.45, 7) is 0.162. The number of nitrogens with zero attached hydrogens (tertiary/aromatic N) is 1. The van der Waals surface area contributed by atoms with E-state index in [0.717, 1.165) is 23.9 Å². The van der Waals surface area contributed by atoms with E-state index in [2.05, 4.69) is 0 Å². The van der Waals surface area contributed by atoms with Gasteiger partial charge in [-0.25, -0.2) is 0 Å². The number of amides is 1. The fourth-order valence-electron chi connectivity index (χ4n) is 3.16. The van der Waals surface area contributed by atoms with Crippen molar-refractivity contribution in [1.82, 2.24) is 4.90 Å². The van der Waals surface area contributed by atoms with Gasteiger partial charge in [-0.15, -0.1) is 0 Å². The number of hydrogen-bond acceptors (Lipinski definition) is 6. The summed E-state index contributed by atoms with van der Waals surface area (Å²) in [6, 6.07) is 9.70. The van der Waals surface area contributed by atoms with Crippen molar-refractivity contribution in [2.75, 3.05) is 13.7 Å². The normalized spacial score (nSPS) is 15.2. The van der Waals surface area contributed by atoms with E-state index >= 15 is 0 Å². The van der Waals surface area contributed by atoms with Crippen LogP contribution in [0.3, 0.4) is 0 Å². The van der Waals surface area contributed by atoms with Crippen LogP contribution in [0.2, 0.25) is 0 Å². The van der Waals surface area contributed by atoms with Gasteiger partial charge in [0.05, 0.1) is 17.6 Å². The van der Waals surface area contributed by atoms with Crippen LogP contribution >= 0.6 is 24.0 Å². The second-order valence-corrected chi connectivity index (χ2v) is 8.89. The molecule has 3 rings (SSSR count). The lowest BCUT2D eigenvalue weighted by molar-refractivity contribution is -0.138. The van der Waals surface area contributed by atoms with E-state index in [1.807, 2.05) is 0 Å². The predicted octanol–water partition coefficient (Wildman–Crippen LogP) is 5.36. The molecule has 1 heterocycles. The SMILES string of the molecule is COc1ccc(/C=C2\SC(=S)N(CCCC(=O)O)C2=O)cc1COc1cccc(C(F)(F)F)c1. The van der Waals surface area contributed by atoms with Gasteiger partial charge in [-0.2, -0.15) is 13.2 Å². The number of halogens is 3. The van der Waals surface area contributed by atoms with E-state index in [0.29, 0.717) is 26.1 Å². The minimum absolute atomic E-state index is 0.0533. The van der Waals surface area contributed by atoms with Crippen LogP contribution in [0, 0.1) is 0 Å². The summed E-state index contributed by atoms with van der Waals surface area (Å²) in [5.74, 6) is -0.716. The second-order valence-electron chi connectivity index (χ2n) is 7.22. The molecule has 2 aromatic rings. The molecular weight excluding hydrogens is 491 g/mol. The number of hydrogen-bond donors (Lipinski definition) is 1. The Kier molecular flexibility index (Phi) is 8.21. The number of carboxylic acids is 1. The van der Waals surface area contributed by atoms with Crippen LogP contribution in [0.25, 0.3) is 6.08 Å². The summed E-state index contributed by atoms with van der Waals surface area (Å²) in [5, 5.41) is 8.78. The summed E-state index contributed by atoms with van der Waals surface area (Å²) < 4.78 is 50.1. The van der Waals surface area contributed by atoms with Gasteiger partial charge in [0.25, 0.3) is 5.91 Å². The third kappa shape index (κ3) is 6.51. The zero-order valence-electron chi connectivity index (χ0n) is 17.9. The smallest absolute Gasteiger partial charge is 0.416 e. The van der Waals surface area contributed by atoms with Crippen molar-refractivity contribution in [3.8, 4) is 11.5 Å². The van der Waals surface area contributed by atoms with Gasteiger partial charge in [-0.3, -0.25) is 14.5 Å². The van der Waals surface area contributed by atoms with Gasteiger partial charge in [0.1, 0.15) is 22.4 Å². The molecule has 6 nitrogen and oxygen atoms in total. The molecule has 0 bridgehead atoms. The van der Waals surface area contributed by atoms with E-state index in [1.54, 1.807) is 24.3 Å². The quantitative estimate of drug-likeness (QED) is 0.359. The van der Waals surface area contributed by atoms with Crippen LogP contribution in [0.4, 0.5) is 13.2 Å². The van der Waals surface area contributed by atoms with Gasteiger partial charge in [-0.05, 0) is 48.4 Å². The third-order valence-electron chi connectivity index (χ3n) is 4.80. The molecule has 1 aliphatic rings. The van der Waals surface area contributed by atoms with Crippen molar-refractivity contribution in [3.63, 3.8) is 0 Å². The average Bonchev–Trinajstić information content (AvgIpc) is 3.04. The number of rotatable bonds is 9. The van der Waals surface area contributed by atoms with Gasteiger partial charge >= 0.3 is 12.1 Å². The van der Waals surface area contributed by atoms with Gasteiger partial charge in [-0.1, -0.05) is 36.1 Å². The summed E-state index contributed by atoms with van der Waals surface area (Å²) in [6.07, 6.45) is -2.61. The Morgan fingerprint density at radius 3 is 2.68 bits per heavy atom. The molecule has 1 aliphatic heterocycles. The van der Waals surface area contributed by atoms with Crippen LogP contribution < -0.4 is 9.47 Å². The molecule has 1 saturated heterocycles. The topological polar surface area (TPSA) is 76.1 Å². The summed E-state index contributed by atoms with van der Waals surface area (Å²) in [7, 11) is 1.46. The van der Waals surface area contributed by atoms with Crippen molar-refractivity contribution in [2.24, 2.45) is 0 Å². The monoisotopic (exact) mass is 511 g/mol. The Balaban J connectivity index is 1.75. The number of ether oxygens (including phenoxy) is 2. The number of benzene rings is 2. The summed E-state index contributed by atoms with van der Waals surface area (Å²) in [5.41, 5.74) is 0.413. The van der Waals surface area contributed by atoms with E-state index in [9.17, 15) is 22.8 Å². The number of thiocarbonyl (C=S) groups is 1. The first-order chi connectivity index (χ1) is 16.1. The van der Waals surface area contributed by atoms with Gasteiger partial charge in [0.2, 0.25) is 0 Å². The van der Waals surface area contributed by atoms with Crippen molar-refractivity contribution in [2.45, 2.75) is 25.6 Å². The third-order valence-corrected chi connectivity index (χ3v) is 6.18. The lowest BCUT2D eigenvalue weighted by Crippen LogP contribution is -2.29. The minimum atomic E-state index is -4.48. The van der Waals surface area contributed by atoms with E-state index in [4.69, 9.17) is 26.8 Å². The minimum Gasteiger partial charge on any atom is -0.496 e. The Bertz CT molecular complexity index is 1130. The van der Waals surface area contributed by atoms with E-state index in [-0.39, 0.29) is 37.6 Å². The highest BCUT2D eigenvalue weighted by atomic mass is 32.2. The molecule has 2 aromatic carbocycles. The molecule has 0 radical (unpaired) electrons. The Morgan fingerprint density at radius 1 is 1.24 bits per heavy atom. The largest absolute Gasteiger partial charge is 0.496 e. The number of alkyl halides is 3. The number of methoxy groups -OCH3 is 1. The molecule has 1 amide bonds. The molecule has 0 aliphatic carbocycles. The van der Waals surface area contributed by atoms with Crippen LogP contribution in [-0.4, -0.2) is 39.9 Å². The van der Waals surface area contributed by atoms with Gasteiger partial charge < -0.3 is 14.6 Å². The maximum absolute atomic E-state index is 12.9. The average molecular weight is 512 g/mol. The van der Waals surface area contributed by atoms with Crippen molar-refractivity contribution >= 4 is 46.3 Å². The Labute approximate surface area is 203 Å². The molecular formula is C23H20F3NO5S2. The molecule has 1 fully saturated rings. The molecule has 0 unspecified atom stereocenters. The molecule has 0 saturated carbocycles. The van der Waals surface area contributed by atoms with Crippen LogP contribution in [-0.2, 0) is 22.4 Å². The Hall–Kier alpha value is -3.05. The van der Waals surface area contributed by atoms with Crippen LogP contribution in [0.5, 0.6) is 11.5 Å². The zero-order valence-corrected chi connectivity index (χ0v) is 19.6. The molecule has 34 heavy (non-hydrogen) atoms. The fourth-order valence-corrected chi connectivity index (χ4v) is 4.47. The predicted molar refractivity (Wildman–Crippen MR) is 126 cm³/mol. The first kappa shape index (κ1) is 25.6. The highest BCUT2D eigenvalue weighted by molar-refractivity contribution is 8.26. The molecule has 0 aromatic heterocycles. The van der Waals surface area contributed by atoms with E-state index < -0.39 is 17.7 Å². The van der Waals surface area contributed by atoms with Crippen molar-refractivity contribution < 1.29 is 37.3 Å². The lowest BCUT2D eigenvalue weighted by atomic mass is 10.1. The van der Waals surface area contributed by atoms with Crippen molar-refractivity contribution in [3.05, 3.63) is 64.1 Å². The molecule has 0 atom stereocenters. The molecule has 11 heteroatoms. The highest BCUT2D eigenvalue weighted by Gasteiger charge is 2.32. The fraction of sp³-hybridized carbons (Fsp3) is 0.261. The molecule has 1 N–H and O–H groups in total.